The highest BCUT2D eigenvalue weighted by Gasteiger charge is 2.40. The number of fused-ring (bicyclic) bond motifs is 2. The average Bonchev–Trinajstić information content (AvgIpc) is 2.90. The Morgan fingerprint density at radius 2 is 2.19 bits per heavy atom. The Bertz CT molecular complexity index is 878. The van der Waals surface area contributed by atoms with Crippen molar-refractivity contribution in [3.63, 3.8) is 0 Å². The Labute approximate surface area is 160 Å². The van der Waals surface area contributed by atoms with Crippen LogP contribution in [-0.2, 0) is 11.2 Å². The molecular formula is C19H23BrN4O2. The van der Waals surface area contributed by atoms with Crippen molar-refractivity contribution >= 4 is 38.8 Å². The van der Waals surface area contributed by atoms with E-state index in [2.05, 4.69) is 61.7 Å². The molecule has 1 aromatic carbocycles. The second-order valence-electron chi connectivity index (χ2n) is 7.50. The fourth-order valence-electron chi connectivity index (χ4n) is 4.69. The molecule has 26 heavy (non-hydrogen) atoms. The Balaban J connectivity index is 1.56. The molecule has 0 spiro atoms. The van der Waals surface area contributed by atoms with E-state index in [4.69, 9.17) is 0 Å². The van der Waals surface area contributed by atoms with Gasteiger partial charge in [-0.3, -0.25) is 10.1 Å². The maximum atomic E-state index is 11.7. The Morgan fingerprint density at radius 3 is 2.96 bits per heavy atom. The van der Waals surface area contributed by atoms with Gasteiger partial charge in [-0.2, -0.15) is 0 Å². The van der Waals surface area contributed by atoms with Gasteiger partial charge in [-0.05, 0) is 58.9 Å². The quantitative estimate of drug-likeness (QED) is 0.701. The lowest BCUT2D eigenvalue weighted by molar-refractivity contribution is -0.117. The average molecular weight is 419 g/mol. The molecule has 1 unspecified atom stereocenters. The molecule has 1 aliphatic heterocycles. The number of urea groups is 1. The van der Waals surface area contributed by atoms with Crippen LogP contribution in [0.4, 0.5) is 4.79 Å². The van der Waals surface area contributed by atoms with Crippen molar-refractivity contribution in [2.24, 2.45) is 5.92 Å². The van der Waals surface area contributed by atoms with Crippen LogP contribution < -0.4 is 10.6 Å². The van der Waals surface area contributed by atoms with E-state index in [1.165, 1.54) is 29.0 Å². The van der Waals surface area contributed by atoms with Crippen LogP contribution in [-0.4, -0.2) is 48.0 Å². The molecule has 7 heteroatoms. The number of amides is 3. The first-order valence-electron chi connectivity index (χ1n) is 8.98. The molecule has 0 radical (unpaired) electrons. The van der Waals surface area contributed by atoms with E-state index < -0.39 is 6.03 Å². The van der Waals surface area contributed by atoms with E-state index >= 15 is 0 Å². The molecule has 0 saturated carbocycles. The summed E-state index contributed by atoms with van der Waals surface area (Å²) in [5, 5.41) is 6.46. The van der Waals surface area contributed by atoms with Crippen LogP contribution in [0.25, 0.3) is 10.9 Å². The number of hydrogen-bond acceptors (Lipinski definition) is 3. The lowest BCUT2D eigenvalue weighted by Crippen LogP contribution is -2.51. The third-order valence-corrected chi connectivity index (χ3v) is 6.40. The number of carbonyl (C=O) groups excluding carboxylic acids is 2. The van der Waals surface area contributed by atoms with Crippen molar-refractivity contribution in [3.8, 4) is 0 Å². The molecule has 2 aromatic rings. The van der Waals surface area contributed by atoms with E-state index in [0.29, 0.717) is 24.4 Å². The highest BCUT2D eigenvalue weighted by molar-refractivity contribution is 9.10. The SMILES string of the molecule is CC(=O)NC(=O)NC[C@@H]1CC2c3cccc4[nH]c(Br)c(c34)C[C@H]2N(C)C1. The van der Waals surface area contributed by atoms with Gasteiger partial charge in [-0.1, -0.05) is 12.1 Å². The van der Waals surface area contributed by atoms with E-state index in [0.717, 1.165) is 24.0 Å². The zero-order valence-corrected chi connectivity index (χ0v) is 16.5. The molecular weight excluding hydrogens is 396 g/mol. The molecule has 6 nitrogen and oxygen atoms in total. The van der Waals surface area contributed by atoms with Crippen molar-refractivity contribution in [2.45, 2.75) is 31.7 Å². The smallest absolute Gasteiger partial charge is 0.321 e. The van der Waals surface area contributed by atoms with Crippen LogP contribution >= 0.6 is 15.9 Å². The topological polar surface area (TPSA) is 77.2 Å². The van der Waals surface area contributed by atoms with Crippen LogP contribution in [0.5, 0.6) is 0 Å². The Hall–Kier alpha value is -1.86. The predicted molar refractivity (Wildman–Crippen MR) is 104 cm³/mol. The number of carbonyl (C=O) groups is 2. The molecule has 1 aromatic heterocycles. The number of H-pyrrole nitrogens is 1. The third-order valence-electron chi connectivity index (χ3n) is 5.73. The van der Waals surface area contributed by atoms with Gasteiger partial charge in [0.1, 0.15) is 0 Å². The summed E-state index contributed by atoms with van der Waals surface area (Å²) in [4.78, 5) is 28.6. The molecule has 0 bridgehead atoms. The number of aromatic nitrogens is 1. The minimum absolute atomic E-state index is 0.340. The molecule has 1 saturated heterocycles. The summed E-state index contributed by atoms with van der Waals surface area (Å²) < 4.78 is 1.09. The molecule has 138 valence electrons. The maximum absolute atomic E-state index is 11.7. The number of halogens is 1. The molecule has 2 heterocycles. The molecule has 2 aliphatic rings. The van der Waals surface area contributed by atoms with E-state index in [9.17, 15) is 9.59 Å². The fourth-order valence-corrected chi connectivity index (χ4v) is 5.26. The molecule has 1 fully saturated rings. The van der Waals surface area contributed by atoms with E-state index in [1.807, 2.05) is 0 Å². The van der Waals surface area contributed by atoms with Gasteiger partial charge in [-0.25, -0.2) is 4.79 Å². The number of hydrogen-bond donors (Lipinski definition) is 3. The summed E-state index contributed by atoms with van der Waals surface area (Å²) in [6.07, 6.45) is 2.07. The predicted octanol–water partition coefficient (Wildman–Crippen LogP) is 2.74. The fraction of sp³-hybridized carbons (Fsp3) is 0.474. The van der Waals surface area contributed by atoms with Crippen LogP contribution in [0, 0.1) is 5.92 Å². The zero-order valence-electron chi connectivity index (χ0n) is 14.9. The summed E-state index contributed by atoms with van der Waals surface area (Å²) in [6, 6.07) is 6.56. The second-order valence-corrected chi connectivity index (χ2v) is 8.29. The zero-order chi connectivity index (χ0) is 18.4. The van der Waals surface area contributed by atoms with Crippen molar-refractivity contribution in [3.05, 3.63) is 33.9 Å². The minimum Gasteiger partial charge on any atom is -0.349 e. The standard InChI is InChI=1S/C19H23BrN4O2/c1-10(25)22-19(26)21-8-11-6-13-12-4-3-5-15-17(12)14(18(20)23-15)7-16(13)24(2)9-11/h3-5,11,13,16,23H,6-9H2,1-2H3,(H2,21,22,25,26)/t11-,13?,16+/m0/s1. The van der Waals surface area contributed by atoms with Gasteiger partial charge in [0, 0.05) is 42.9 Å². The number of nitrogens with zero attached hydrogens (tertiary/aromatic N) is 1. The number of likely N-dealkylation sites (N-methyl/N-ethyl adjacent to an activating group) is 1. The number of piperidine rings is 1. The van der Waals surface area contributed by atoms with Crippen molar-refractivity contribution in [1.82, 2.24) is 20.5 Å². The molecule has 4 rings (SSSR count). The van der Waals surface area contributed by atoms with Crippen molar-refractivity contribution < 1.29 is 9.59 Å². The monoisotopic (exact) mass is 418 g/mol. The van der Waals surface area contributed by atoms with Crippen LogP contribution in [0.15, 0.2) is 22.8 Å². The summed E-state index contributed by atoms with van der Waals surface area (Å²) >= 11 is 3.69. The van der Waals surface area contributed by atoms with Gasteiger partial charge in [-0.15, -0.1) is 0 Å². The molecule has 3 amide bonds. The van der Waals surface area contributed by atoms with Crippen molar-refractivity contribution in [1.29, 1.82) is 0 Å². The van der Waals surface area contributed by atoms with Gasteiger partial charge in [0.15, 0.2) is 0 Å². The first kappa shape index (κ1) is 17.5. The van der Waals surface area contributed by atoms with Crippen LogP contribution in [0.3, 0.4) is 0 Å². The number of benzene rings is 1. The lowest BCUT2D eigenvalue weighted by atomic mass is 9.72. The third kappa shape index (κ3) is 3.03. The number of imide groups is 1. The molecule has 3 N–H and O–H groups in total. The van der Waals surface area contributed by atoms with Gasteiger partial charge >= 0.3 is 6.03 Å². The van der Waals surface area contributed by atoms with Gasteiger partial charge in [0.2, 0.25) is 5.91 Å². The van der Waals surface area contributed by atoms with E-state index in [-0.39, 0.29) is 5.91 Å². The highest BCUT2D eigenvalue weighted by atomic mass is 79.9. The summed E-state index contributed by atoms with van der Waals surface area (Å²) in [5.41, 5.74) is 3.97. The van der Waals surface area contributed by atoms with Gasteiger partial charge in [0.25, 0.3) is 0 Å². The number of rotatable bonds is 2. The minimum atomic E-state index is -0.412. The Kier molecular flexibility index (Phi) is 4.52. The van der Waals surface area contributed by atoms with Crippen LogP contribution in [0.1, 0.15) is 30.4 Å². The lowest BCUT2D eigenvalue weighted by Gasteiger charge is -2.45. The largest absolute Gasteiger partial charge is 0.349 e. The maximum Gasteiger partial charge on any atom is 0.321 e. The Morgan fingerprint density at radius 1 is 1.38 bits per heavy atom. The summed E-state index contributed by atoms with van der Waals surface area (Å²) in [7, 11) is 2.17. The first-order chi connectivity index (χ1) is 12.4. The number of likely N-dealkylation sites (tertiary alicyclic amines) is 1. The molecule has 1 aliphatic carbocycles. The number of aromatic amines is 1. The summed E-state index contributed by atoms with van der Waals surface area (Å²) in [5.74, 6) is 0.473. The van der Waals surface area contributed by atoms with Gasteiger partial charge < -0.3 is 15.2 Å². The van der Waals surface area contributed by atoms with Crippen LogP contribution in [0.2, 0.25) is 0 Å². The second kappa shape index (κ2) is 6.70. The van der Waals surface area contributed by atoms with E-state index in [1.54, 1.807) is 0 Å². The normalized spacial score (nSPS) is 25.0. The van der Waals surface area contributed by atoms with Gasteiger partial charge in [0.05, 0.1) is 4.60 Å². The van der Waals surface area contributed by atoms with Crippen molar-refractivity contribution in [2.75, 3.05) is 20.1 Å². The number of nitrogens with one attached hydrogen (secondary N) is 3. The molecule has 3 atom stereocenters. The summed E-state index contributed by atoms with van der Waals surface area (Å²) in [6.45, 7) is 2.86. The highest BCUT2D eigenvalue weighted by Crippen LogP contribution is 2.46. The first-order valence-corrected chi connectivity index (χ1v) is 9.78.